The molecule has 0 heterocycles. The average molecular weight is 227 g/mol. The molecule has 0 spiro atoms. The number of hydrogen-bond donors (Lipinski definition) is 0. The van der Waals surface area contributed by atoms with Gasteiger partial charge < -0.3 is 0 Å². The first-order chi connectivity index (χ1) is 7.04. The van der Waals surface area contributed by atoms with Gasteiger partial charge in [-0.15, -0.1) is 0 Å². The molecule has 0 aliphatic rings. The molecule has 1 nitrogen and oxygen atoms in total. The number of Topliss-reactive ketones (excluding diaryl/α,β-unsaturated/α-hetero) is 1. The molecule has 0 N–H and O–H groups in total. The monoisotopic (exact) mass is 226 g/mol. The first-order valence-electron chi connectivity index (χ1n) is 4.71. The van der Waals surface area contributed by atoms with Gasteiger partial charge in [0, 0.05) is 6.42 Å². The standard InChI is InChI=1S/C12H12ClFO/c1-3-12(15)8(2)6-9-4-5-11(14)10(13)7-9/h4-7H,3H2,1-2H3. The van der Waals surface area contributed by atoms with E-state index in [1.165, 1.54) is 12.1 Å². The van der Waals surface area contributed by atoms with Crippen molar-refractivity contribution in [3.05, 3.63) is 40.2 Å². The van der Waals surface area contributed by atoms with Crippen molar-refractivity contribution in [1.29, 1.82) is 0 Å². The zero-order chi connectivity index (χ0) is 11.4. The average Bonchev–Trinajstić information content (AvgIpc) is 2.22. The molecule has 0 bridgehead atoms. The van der Waals surface area contributed by atoms with Crippen LogP contribution in [0.4, 0.5) is 4.39 Å². The van der Waals surface area contributed by atoms with E-state index in [2.05, 4.69) is 0 Å². The van der Waals surface area contributed by atoms with Crippen LogP contribution in [0.1, 0.15) is 25.8 Å². The molecule has 1 aromatic rings. The number of halogens is 2. The highest BCUT2D eigenvalue weighted by Crippen LogP contribution is 2.18. The maximum absolute atomic E-state index is 12.8. The maximum Gasteiger partial charge on any atom is 0.158 e. The van der Waals surface area contributed by atoms with Crippen molar-refractivity contribution in [2.24, 2.45) is 0 Å². The van der Waals surface area contributed by atoms with Gasteiger partial charge >= 0.3 is 0 Å². The highest BCUT2D eigenvalue weighted by Gasteiger charge is 2.03. The smallest absolute Gasteiger partial charge is 0.158 e. The van der Waals surface area contributed by atoms with Gasteiger partial charge in [-0.3, -0.25) is 4.79 Å². The molecule has 0 saturated carbocycles. The number of ketones is 1. The van der Waals surface area contributed by atoms with Crippen LogP contribution in [0, 0.1) is 5.82 Å². The van der Waals surface area contributed by atoms with E-state index in [1.54, 1.807) is 26.0 Å². The lowest BCUT2D eigenvalue weighted by atomic mass is 10.1. The van der Waals surface area contributed by atoms with Gasteiger partial charge in [0.05, 0.1) is 5.02 Å². The summed E-state index contributed by atoms with van der Waals surface area (Å²) in [7, 11) is 0. The van der Waals surface area contributed by atoms with Crippen LogP contribution in [0.5, 0.6) is 0 Å². The normalized spacial score (nSPS) is 11.6. The first kappa shape index (κ1) is 11.9. The van der Waals surface area contributed by atoms with Crippen molar-refractivity contribution >= 4 is 23.5 Å². The summed E-state index contributed by atoms with van der Waals surface area (Å²) in [5, 5.41) is 0.0699. The van der Waals surface area contributed by atoms with Gasteiger partial charge in [0.25, 0.3) is 0 Å². The molecule has 1 aromatic carbocycles. The predicted octanol–water partition coefficient (Wildman–Crippen LogP) is 3.86. The lowest BCUT2D eigenvalue weighted by Gasteiger charge is -1.99. The van der Waals surface area contributed by atoms with E-state index in [-0.39, 0.29) is 10.8 Å². The largest absolute Gasteiger partial charge is 0.295 e. The fraction of sp³-hybridized carbons (Fsp3) is 0.250. The second-order valence-electron chi connectivity index (χ2n) is 3.28. The second kappa shape index (κ2) is 5.08. The Bertz CT molecular complexity index is 410. The van der Waals surface area contributed by atoms with E-state index in [4.69, 9.17) is 11.6 Å². The predicted molar refractivity (Wildman–Crippen MR) is 60.4 cm³/mol. The SMILES string of the molecule is CCC(=O)C(C)=Cc1ccc(F)c(Cl)c1. The van der Waals surface area contributed by atoms with Gasteiger partial charge in [-0.1, -0.05) is 24.6 Å². The third-order valence-electron chi connectivity index (χ3n) is 2.09. The topological polar surface area (TPSA) is 17.1 Å². The molecule has 0 aliphatic carbocycles. The Hall–Kier alpha value is -1.15. The molecule has 0 unspecified atom stereocenters. The Kier molecular flexibility index (Phi) is 4.04. The summed E-state index contributed by atoms with van der Waals surface area (Å²) in [6.07, 6.45) is 2.18. The van der Waals surface area contributed by atoms with Crippen LogP contribution >= 0.6 is 11.6 Å². The number of carbonyl (C=O) groups excluding carboxylic acids is 1. The molecule has 0 radical (unpaired) electrons. The van der Waals surface area contributed by atoms with Crippen LogP contribution in [0.3, 0.4) is 0 Å². The minimum atomic E-state index is -0.451. The summed E-state index contributed by atoms with van der Waals surface area (Å²) in [5.41, 5.74) is 1.39. The van der Waals surface area contributed by atoms with Crippen LogP contribution < -0.4 is 0 Å². The quantitative estimate of drug-likeness (QED) is 0.716. The zero-order valence-corrected chi connectivity index (χ0v) is 9.44. The summed E-state index contributed by atoms with van der Waals surface area (Å²) < 4.78 is 12.8. The first-order valence-corrected chi connectivity index (χ1v) is 5.09. The number of rotatable bonds is 3. The van der Waals surface area contributed by atoms with Crippen molar-refractivity contribution in [2.45, 2.75) is 20.3 Å². The van der Waals surface area contributed by atoms with Crippen molar-refractivity contribution < 1.29 is 9.18 Å². The molecule has 0 atom stereocenters. The molecular weight excluding hydrogens is 215 g/mol. The van der Waals surface area contributed by atoms with Gasteiger partial charge in [0.1, 0.15) is 5.82 Å². The Morgan fingerprint density at radius 2 is 2.20 bits per heavy atom. The van der Waals surface area contributed by atoms with Crippen LogP contribution in [0.25, 0.3) is 6.08 Å². The zero-order valence-electron chi connectivity index (χ0n) is 8.68. The molecule has 15 heavy (non-hydrogen) atoms. The third kappa shape index (κ3) is 3.17. The van der Waals surface area contributed by atoms with E-state index in [9.17, 15) is 9.18 Å². The minimum Gasteiger partial charge on any atom is -0.295 e. The summed E-state index contributed by atoms with van der Waals surface area (Å²) in [6.45, 7) is 3.54. The fourth-order valence-corrected chi connectivity index (χ4v) is 1.40. The Balaban J connectivity index is 2.98. The van der Waals surface area contributed by atoms with E-state index in [0.717, 1.165) is 5.56 Å². The van der Waals surface area contributed by atoms with E-state index in [0.29, 0.717) is 12.0 Å². The number of hydrogen-bond acceptors (Lipinski definition) is 1. The van der Waals surface area contributed by atoms with Crippen molar-refractivity contribution in [3.8, 4) is 0 Å². The van der Waals surface area contributed by atoms with Crippen molar-refractivity contribution in [2.75, 3.05) is 0 Å². The second-order valence-corrected chi connectivity index (χ2v) is 3.68. The number of benzene rings is 1. The van der Waals surface area contributed by atoms with Gasteiger partial charge in [0.15, 0.2) is 5.78 Å². The van der Waals surface area contributed by atoms with E-state index < -0.39 is 5.82 Å². The molecule has 1 rings (SSSR count). The Morgan fingerprint density at radius 1 is 1.53 bits per heavy atom. The summed E-state index contributed by atoms with van der Waals surface area (Å²) >= 11 is 5.62. The molecule has 0 saturated heterocycles. The molecule has 0 fully saturated rings. The third-order valence-corrected chi connectivity index (χ3v) is 2.38. The lowest BCUT2D eigenvalue weighted by Crippen LogP contribution is -1.95. The van der Waals surface area contributed by atoms with Crippen LogP contribution in [-0.4, -0.2) is 5.78 Å². The number of allylic oxidation sites excluding steroid dienone is 1. The Labute approximate surface area is 93.6 Å². The summed E-state index contributed by atoms with van der Waals surface area (Å²) in [6, 6.07) is 4.38. The molecule has 0 aromatic heterocycles. The Morgan fingerprint density at radius 3 is 2.73 bits per heavy atom. The summed E-state index contributed by atoms with van der Waals surface area (Å²) in [4.78, 5) is 11.3. The van der Waals surface area contributed by atoms with Gasteiger partial charge in [-0.2, -0.15) is 0 Å². The van der Waals surface area contributed by atoms with Gasteiger partial charge in [-0.05, 0) is 36.3 Å². The van der Waals surface area contributed by atoms with E-state index >= 15 is 0 Å². The lowest BCUT2D eigenvalue weighted by molar-refractivity contribution is -0.115. The van der Waals surface area contributed by atoms with Crippen LogP contribution in [-0.2, 0) is 4.79 Å². The van der Waals surface area contributed by atoms with Crippen LogP contribution in [0.2, 0.25) is 5.02 Å². The van der Waals surface area contributed by atoms with E-state index in [1.807, 2.05) is 0 Å². The highest BCUT2D eigenvalue weighted by atomic mass is 35.5. The molecule has 0 aliphatic heterocycles. The summed E-state index contributed by atoms with van der Waals surface area (Å²) in [5.74, 6) is -0.372. The highest BCUT2D eigenvalue weighted by molar-refractivity contribution is 6.30. The molecule has 0 amide bonds. The fourth-order valence-electron chi connectivity index (χ4n) is 1.21. The molecule has 80 valence electrons. The molecule has 3 heteroatoms. The van der Waals surface area contributed by atoms with Gasteiger partial charge in [-0.25, -0.2) is 4.39 Å². The van der Waals surface area contributed by atoms with Crippen LogP contribution in [0.15, 0.2) is 23.8 Å². The maximum atomic E-state index is 12.8. The minimum absolute atomic E-state index is 0.0699. The molecular formula is C12H12ClFO. The van der Waals surface area contributed by atoms with Crippen molar-refractivity contribution in [3.63, 3.8) is 0 Å². The van der Waals surface area contributed by atoms with Gasteiger partial charge in [0.2, 0.25) is 0 Å². The van der Waals surface area contributed by atoms with Crippen molar-refractivity contribution in [1.82, 2.24) is 0 Å². The number of carbonyl (C=O) groups is 1.